The van der Waals surface area contributed by atoms with E-state index in [-0.39, 0.29) is 11.9 Å². The van der Waals surface area contributed by atoms with Crippen molar-refractivity contribution in [1.29, 1.82) is 0 Å². The maximum atomic E-state index is 11.1. The highest BCUT2D eigenvalue weighted by Gasteiger charge is 2.16. The second-order valence-corrected chi connectivity index (χ2v) is 3.02. The Morgan fingerprint density at radius 1 is 1.53 bits per heavy atom. The van der Waals surface area contributed by atoms with Crippen LogP contribution in [0.2, 0.25) is 0 Å². The summed E-state index contributed by atoms with van der Waals surface area (Å²) in [6.07, 6.45) is -0.318. The van der Waals surface area contributed by atoms with Crippen LogP contribution in [0.1, 0.15) is 5.69 Å². The SMILES string of the molecule is COC(CNCc1c(=O)o[nH][n+]1C)OC. The molecule has 0 radical (unpaired) electrons. The van der Waals surface area contributed by atoms with Crippen LogP contribution >= 0.6 is 0 Å². The minimum atomic E-state index is -0.378. The lowest BCUT2D eigenvalue weighted by atomic mass is 10.4. The van der Waals surface area contributed by atoms with Gasteiger partial charge in [0, 0.05) is 20.8 Å². The maximum Gasteiger partial charge on any atom is 0.431 e. The number of aromatic amines is 1. The molecule has 0 saturated heterocycles. The summed E-state index contributed by atoms with van der Waals surface area (Å²) < 4.78 is 16.1. The number of nitrogens with one attached hydrogen (secondary N) is 2. The molecule has 0 amide bonds. The van der Waals surface area contributed by atoms with Crippen LogP contribution in [0, 0.1) is 0 Å². The molecule has 0 aromatic carbocycles. The highest BCUT2D eigenvalue weighted by Crippen LogP contribution is 1.88. The largest absolute Gasteiger partial charge is 0.431 e. The van der Waals surface area contributed by atoms with Gasteiger partial charge in [0.1, 0.15) is 0 Å². The Kier molecular flexibility index (Phi) is 4.47. The van der Waals surface area contributed by atoms with Crippen LogP contribution in [-0.4, -0.2) is 32.3 Å². The lowest BCUT2D eigenvalue weighted by molar-refractivity contribution is -0.746. The van der Waals surface area contributed by atoms with E-state index in [4.69, 9.17) is 9.47 Å². The molecule has 0 atom stereocenters. The third kappa shape index (κ3) is 3.15. The van der Waals surface area contributed by atoms with Crippen molar-refractivity contribution in [2.75, 3.05) is 20.8 Å². The number of methoxy groups -OCH3 is 2. The van der Waals surface area contributed by atoms with Gasteiger partial charge in [-0.05, 0) is 5.27 Å². The van der Waals surface area contributed by atoms with Crippen LogP contribution < -0.4 is 15.6 Å². The Labute approximate surface area is 86.9 Å². The molecule has 15 heavy (non-hydrogen) atoms. The predicted molar refractivity (Wildman–Crippen MR) is 50.0 cm³/mol. The van der Waals surface area contributed by atoms with Crippen molar-refractivity contribution in [3.05, 3.63) is 16.1 Å². The molecule has 0 aliphatic heterocycles. The zero-order chi connectivity index (χ0) is 11.3. The monoisotopic (exact) mass is 218 g/mol. The van der Waals surface area contributed by atoms with Crippen LogP contribution in [0.4, 0.5) is 0 Å². The van der Waals surface area contributed by atoms with Crippen LogP contribution in [0.5, 0.6) is 0 Å². The molecule has 1 rings (SSSR count). The van der Waals surface area contributed by atoms with Crippen LogP contribution in [0.15, 0.2) is 9.32 Å². The normalized spacial score (nSPS) is 11.2. The molecule has 1 aromatic rings. The predicted octanol–water partition coefficient (Wildman–Crippen LogP) is -1.50. The zero-order valence-corrected chi connectivity index (χ0v) is 9.07. The van der Waals surface area contributed by atoms with Gasteiger partial charge in [-0.3, -0.25) is 4.52 Å². The number of aryl methyl sites for hydroxylation is 1. The fraction of sp³-hybridized carbons (Fsp3) is 0.750. The fourth-order valence-corrected chi connectivity index (χ4v) is 1.12. The van der Waals surface area contributed by atoms with E-state index in [1.54, 1.807) is 21.3 Å². The van der Waals surface area contributed by atoms with Crippen molar-refractivity contribution in [3.63, 3.8) is 0 Å². The molecule has 1 aromatic heterocycles. The number of hydrogen-bond donors (Lipinski definition) is 2. The highest BCUT2D eigenvalue weighted by molar-refractivity contribution is 4.81. The van der Waals surface area contributed by atoms with Gasteiger partial charge in [-0.2, -0.15) is 0 Å². The Bertz CT molecular complexity index is 342. The first-order valence-corrected chi connectivity index (χ1v) is 4.51. The number of hydrogen-bond acceptors (Lipinski definition) is 5. The molecule has 0 fully saturated rings. The van der Waals surface area contributed by atoms with Crippen molar-refractivity contribution < 1.29 is 18.7 Å². The summed E-state index contributed by atoms with van der Waals surface area (Å²) >= 11 is 0. The average molecular weight is 218 g/mol. The lowest BCUT2D eigenvalue weighted by Gasteiger charge is -2.12. The van der Waals surface area contributed by atoms with E-state index >= 15 is 0 Å². The van der Waals surface area contributed by atoms with Crippen molar-refractivity contribution in [2.45, 2.75) is 12.8 Å². The first kappa shape index (κ1) is 11.9. The van der Waals surface area contributed by atoms with E-state index in [0.29, 0.717) is 18.8 Å². The van der Waals surface area contributed by atoms with E-state index < -0.39 is 0 Å². The van der Waals surface area contributed by atoms with Gasteiger partial charge in [0.25, 0.3) is 0 Å². The third-order valence-corrected chi connectivity index (χ3v) is 2.05. The molecular weight excluding hydrogens is 202 g/mol. The molecule has 0 spiro atoms. The molecule has 2 N–H and O–H groups in total. The van der Waals surface area contributed by atoms with E-state index in [9.17, 15) is 4.79 Å². The van der Waals surface area contributed by atoms with E-state index in [1.165, 1.54) is 4.68 Å². The maximum absolute atomic E-state index is 11.1. The summed E-state index contributed by atoms with van der Waals surface area (Å²) in [4.78, 5) is 11.1. The first-order chi connectivity index (χ1) is 7.19. The molecule has 7 nitrogen and oxygen atoms in total. The van der Waals surface area contributed by atoms with E-state index in [1.807, 2.05) is 0 Å². The van der Waals surface area contributed by atoms with Crippen molar-refractivity contribution >= 4 is 0 Å². The van der Waals surface area contributed by atoms with E-state index in [2.05, 4.69) is 15.1 Å². The van der Waals surface area contributed by atoms with Gasteiger partial charge < -0.3 is 14.8 Å². The number of rotatable bonds is 6. The Morgan fingerprint density at radius 2 is 2.20 bits per heavy atom. The van der Waals surface area contributed by atoms with Gasteiger partial charge in [-0.15, -0.1) is 0 Å². The second-order valence-electron chi connectivity index (χ2n) is 3.02. The quantitative estimate of drug-likeness (QED) is 0.449. The van der Waals surface area contributed by atoms with Crippen LogP contribution in [0.25, 0.3) is 0 Å². The van der Waals surface area contributed by atoms with Crippen LogP contribution in [-0.2, 0) is 23.1 Å². The van der Waals surface area contributed by atoms with Gasteiger partial charge in [0.15, 0.2) is 13.3 Å². The molecule has 0 aliphatic rings. The highest BCUT2D eigenvalue weighted by atomic mass is 16.7. The molecule has 1 heterocycles. The molecular formula is C8H16N3O4+. The molecule has 0 saturated carbocycles. The summed E-state index contributed by atoms with van der Waals surface area (Å²) in [5.41, 5.74) is 0.136. The van der Waals surface area contributed by atoms with Gasteiger partial charge in [0.05, 0.1) is 6.54 Å². The molecule has 86 valence electrons. The molecule has 0 unspecified atom stereocenters. The molecule has 7 heteroatoms. The number of aromatic nitrogens is 2. The minimum absolute atomic E-state index is 0.318. The Hall–Kier alpha value is -1.18. The summed E-state index contributed by atoms with van der Waals surface area (Å²) in [6, 6.07) is 0. The number of ether oxygens (including phenoxy) is 2. The third-order valence-electron chi connectivity index (χ3n) is 2.05. The summed E-state index contributed by atoms with van der Waals surface area (Å²) in [5.74, 6) is 0. The average Bonchev–Trinajstić information content (AvgIpc) is 2.55. The zero-order valence-electron chi connectivity index (χ0n) is 9.07. The number of nitrogens with zero attached hydrogens (tertiary/aromatic N) is 1. The van der Waals surface area contributed by atoms with Gasteiger partial charge in [-0.1, -0.05) is 4.68 Å². The smallest absolute Gasteiger partial charge is 0.355 e. The van der Waals surface area contributed by atoms with Crippen molar-refractivity contribution in [3.8, 4) is 0 Å². The lowest BCUT2D eigenvalue weighted by Crippen LogP contribution is -2.40. The van der Waals surface area contributed by atoms with Crippen molar-refractivity contribution in [2.24, 2.45) is 7.05 Å². The Morgan fingerprint density at radius 3 is 2.67 bits per heavy atom. The minimum Gasteiger partial charge on any atom is -0.355 e. The summed E-state index contributed by atoms with van der Waals surface area (Å²) in [5, 5.41) is 5.45. The fourth-order valence-electron chi connectivity index (χ4n) is 1.12. The van der Waals surface area contributed by atoms with Crippen molar-refractivity contribution in [1.82, 2.24) is 10.6 Å². The first-order valence-electron chi connectivity index (χ1n) is 4.51. The summed E-state index contributed by atoms with van der Waals surface area (Å²) in [7, 11) is 4.81. The number of H-pyrrole nitrogens is 1. The van der Waals surface area contributed by atoms with Crippen LogP contribution in [0.3, 0.4) is 0 Å². The van der Waals surface area contributed by atoms with Gasteiger partial charge in [0.2, 0.25) is 0 Å². The summed E-state index contributed by atoms with van der Waals surface area (Å²) in [6.45, 7) is 0.892. The molecule has 0 bridgehead atoms. The van der Waals surface area contributed by atoms with E-state index in [0.717, 1.165) is 0 Å². The van der Waals surface area contributed by atoms with Gasteiger partial charge >= 0.3 is 11.3 Å². The Balaban J connectivity index is 2.41. The van der Waals surface area contributed by atoms with Gasteiger partial charge in [-0.25, -0.2) is 4.79 Å². The molecule has 0 aliphatic carbocycles. The topological polar surface area (TPSA) is 80.4 Å². The standard InChI is InChI=1S/C8H15N3O4/c1-11-6(8(12)15-10-11)4-9-5-7(13-2)14-3/h7,9H,4-5H2,1-3H3/p+1. The second kappa shape index (κ2) is 5.64.